The number of carbonyl (C=O) groups is 2. The maximum absolute atomic E-state index is 11.9. The molecule has 2 fully saturated rings. The number of piperidine rings is 1. The number of carbonyl (C=O) groups excluding carboxylic acids is 1. The third-order valence-electron chi connectivity index (χ3n) is 3.36. The summed E-state index contributed by atoms with van der Waals surface area (Å²) in [4.78, 5) is 24.4. The maximum Gasteiger partial charge on any atom is 0.306 e. The largest absolute Gasteiger partial charge is 0.481 e. The van der Waals surface area contributed by atoms with Crippen molar-refractivity contribution >= 4 is 11.9 Å². The van der Waals surface area contributed by atoms with E-state index in [4.69, 9.17) is 9.84 Å². The van der Waals surface area contributed by atoms with Crippen LogP contribution in [0.5, 0.6) is 0 Å². The van der Waals surface area contributed by atoms with Crippen molar-refractivity contribution in [3.05, 3.63) is 0 Å². The number of likely N-dealkylation sites (tertiary alicyclic amines) is 1. The molecule has 0 aromatic rings. The summed E-state index contributed by atoms with van der Waals surface area (Å²) >= 11 is 0. The lowest BCUT2D eigenvalue weighted by Gasteiger charge is -2.31. The predicted molar refractivity (Wildman–Crippen MR) is 55.9 cm³/mol. The van der Waals surface area contributed by atoms with Gasteiger partial charge in [0.15, 0.2) is 0 Å². The zero-order valence-corrected chi connectivity index (χ0v) is 9.22. The molecule has 0 spiro atoms. The molecule has 0 bridgehead atoms. The Labute approximate surface area is 94.4 Å². The van der Waals surface area contributed by atoms with Crippen molar-refractivity contribution in [3.63, 3.8) is 0 Å². The molecule has 1 N–H and O–H groups in total. The van der Waals surface area contributed by atoms with E-state index in [0.29, 0.717) is 32.5 Å². The van der Waals surface area contributed by atoms with Gasteiger partial charge in [-0.05, 0) is 25.7 Å². The van der Waals surface area contributed by atoms with Gasteiger partial charge in [-0.25, -0.2) is 0 Å². The van der Waals surface area contributed by atoms with E-state index in [-0.39, 0.29) is 17.9 Å². The van der Waals surface area contributed by atoms with E-state index in [9.17, 15) is 9.59 Å². The van der Waals surface area contributed by atoms with Crippen molar-refractivity contribution in [2.45, 2.75) is 31.8 Å². The zero-order chi connectivity index (χ0) is 11.5. The van der Waals surface area contributed by atoms with E-state index < -0.39 is 5.97 Å². The predicted octanol–water partition coefficient (Wildman–Crippen LogP) is 0.489. The molecule has 0 saturated carbocycles. The van der Waals surface area contributed by atoms with E-state index >= 15 is 0 Å². The van der Waals surface area contributed by atoms with Crippen molar-refractivity contribution in [2.75, 3.05) is 19.7 Å². The molecule has 5 nitrogen and oxygen atoms in total. The summed E-state index contributed by atoms with van der Waals surface area (Å²) in [7, 11) is 0. The van der Waals surface area contributed by atoms with Gasteiger partial charge in [-0.1, -0.05) is 0 Å². The van der Waals surface area contributed by atoms with Gasteiger partial charge < -0.3 is 14.7 Å². The number of hydrogen-bond donors (Lipinski definition) is 1. The summed E-state index contributed by atoms with van der Waals surface area (Å²) in [6, 6.07) is 0. The molecule has 16 heavy (non-hydrogen) atoms. The number of nitrogens with zero attached hydrogens (tertiary/aromatic N) is 1. The van der Waals surface area contributed by atoms with Crippen LogP contribution in [0.3, 0.4) is 0 Å². The van der Waals surface area contributed by atoms with Crippen molar-refractivity contribution in [1.82, 2.24) is 4.90 Å². The zero-order valence-electron chi connectivity index (χ0n) is 9.22. The Hall–Kier alpha value is -1.10. The quantitative estimate of drug-likeness (QED) is 0.745. The van der Waals surface area contributed by atoms with Gasteiger partial charge in [-0.2, -0.15) is 0 Å². The fourth-order valence-corrected chi connectivity index (χ4v) is 2.32. The third-order valence-corrected chi connectivity index (χ3v) is 3.36. The number of rotatable bonds is 2. The second kappa shape index (κ2) is 4.82. The van der Waals surface area contributed by atoms with Crippen LogP contribution in [-0.2, 0) is 14.3 Å². The number of carboxylic acids is 1. The smallest absolute Gasteiger partial charge is 0.306 e. The van der Waals surface area contributed by atoms with Crippen LogP contribution in [0.25, 0.3) is 0 Å². The van der Waals surface area contributed by atoms with Crippen LogP contribution in [0.15, 0.2) is 0 Å². The summed E-state index contributed by atoms with van der Waals surface area (Å²) in [6.45, 7) is 1.77. The average molecular weight is 227 g/mol. The first kappa shape index (κ1) is 11.4. The molecule has 0 radical (unpaired) electrons. The highest BCUT2D eigenvalue weighted by Crippen LogP contribution is 2.21. The minimum absolute atomic E-state index is 0.0429. The molecular formula is C11H17NO4. The fourth-order valence-electron chi connectivity index (χ4n) is 2.32. The molecule has 0 unspecified atom stereocenters. The summed E-state index contributed by atoms with van der Waals surface area (Å²) in [5, 5.41) is 8.85. The summed E-state index contributed by atoms with van der Waals surface area (Å²) in [6.07, 6.45) is 2.60. The molecule has 0 aliphatic carbocycles. The number of aliphatic carboxylic acids is 1. The standard InChI is InChI=1S/C11H17NO4/c13-10(9-2-1-7-16-9)12-5-3-8(4-6-12)11(14)15/h8-9H,1-7H2,(H,14,15)/t9-/m0/s1. The van der Waals surface area contributed by atoms with E-state index in [2.05, 4.69) is 0 Å². The van der Waals surface area contributed by atoms with Gasteiger partial charge in [0.1, 0.15) is 6.10 Å². The summed E-state index contributed by atoms with van der Waals surface area (Å²) < 4.78 is 5.33. The van der Waals surface area contributed by atoms with Gasteiger partial charge >= 0.3 is 5.97 Å². The number of hydrogen-bond acceptors (Lipinski definition) is 3. The number of amides is 1. The van der Waals surface area contributed by atoms with Gasteiger partial charge in [0.05, 0.1) is 5.92 Å². The van der Waals surface area contributed by atoms with Crippen LogP contribution in [-0.4, -0.2) is 47.7 Å². The lowest BCUT2D eigenvalue weighted by atomic mass is 9.96. The Kier molecular flexibility index (Phi) is 3.43. The highest BCUT2D eigenvalue weighted by Gasteiger charge is 2.32. The van der Waals surface area contributed by atoms with Gasteiger partial charge in [-0.15, -0.1) is 0 Å². The average Bonchev–Trinajstić information content (AvgIpc) is 2.81. The van der Waals surface area contributed by atoms with E-state index in [1.807, 2.05) is 0 Å². The molecule has 2 heterocycles. The molecule has 0 aromatic heterocycles. The molecule has 1 amide bonds. The number of carboxylic acid groups (broad SMARTS) is 1. The first-order valence-corrected chi connectivity index (χ1v) is 5.81. The van der Waals surface area contributed by atoms with Crippen LogP contribution >= 0.6 is 0 Å². The Bertz CT molecular complexity index is 278. The van der Waals surface area contributed by atoms with Crippen LogP contribution in [0.4, 0.5) is 0 Å². The molecule has 2 aliphatic heterocycles. The molecule has 90 valence electrons. The summed E-state index contributed by atoms with van der Waals surface area (Å²) in [5.41, 5.74) is 0. The van der Waals surface area contributed by atoms with E-state index in [1.165, 1.54) is 0 Å². The normalized spacial score (nSPS) is 27.0. The second-order valence-corrected chi connectivity index (χ2v) is 4.44. The SMILES string of the molecule is O=C(O)C1CCN(C(=O)[C@@H]2CCCO2)CC1. The molecular weight excluding hydrogens is 210 g/mol. The lowest BCUT2D eigenvalue weighted by molar-refractivity contribution is -0.148. The van der Waals surface area contributed by atoms with Crippen molar-refractivity contribution in [1.29, 1.82) is 0 Å². The Morgan fingerprint density at radius 3 is 2.38 bits per heavy atom. The van der Waals surface area contributed by atoms with Crippen molar-refractivity contribution in [3.8, 4) is 0 Å². The highest BCUT2D eigenvalue weighted by atomic mass is 16.5. The topological polar surface area (TPSA) is 66.8 Å². The van der Waals surface area contributed by atoms with E-state index in [0.717, 1.165) is 12.8 Å². The molecule has 2 aliphatic rings. The van der Waals surface area contributed by atoms with Crippen LogP contribution in [0.1, 0.15) is 25.7 Å². The van der Waals surface area contributed by atoms with E-state index in [1.54, 1.807) is 4.90 Å². The third kappa shape index (κ3) is 2.35. The summed E-state index contributed by atoms with van der Waals surface area (Å²) in [5.74, 6) is -0.987. The Morgan fingerprint density at radius 2 is 1.88 bits per heavy atom. The highest BCUT2D eigenvalue weighted by molar-refractivity contribution is 5.81. The minimum Gasteiger partial charge on any atom is -0.481 e. The first-order valence-electron chi connectivity index (χ1n) is 5.81. The van der Waals surface area contributed by atoms with Crippen LogP contribution < -0.4 is 0 Å². The minimum atomic E-state index is -0.746. The Balaban J connectivity index is 1.84. The lowest BCUT2D eigenvalue weighted by Crippen LogP contribution is -2.44. The molecule has 2 saturated heterocycles. The van der Waals surface area contributed by atoms with Crippen molar-refractivity contribution < 1.29 is 19.4 Å². The second-order valence-electron chi connectivity index (χ2n) is 4.44. The van der Waals surface area contributed by atoms with Crippen molar-refractivity contribution in [2.24, 2.45) is 5.92 Å². The van der Waals surface area contributed by atoms with Crippen LogP contribution in [0.2, 0.25) is 0 Å². The van der Waals surface area contributed by atoms with Gasteiger partial charge in [0, 0.05) is 19.7 Å². The van der Waals surface area contributed by atoms with Crippen LogP contribution in [0, 0.1) is 5.92 Å². The number of ether oxygens (including phenoxy) is 1. The van der Waals surface area contributed by atoms with Gasteiger partial charge in [0.25, 0.3) is 5.91 Å². The molecule has 5 heteroatoms. The maximum atomic E-state index is 11.9. The first-order chi connectivity index (χ1) is 7.68. The van der Waals surface area contributed by atoms with Gasteiger partial charge in [-0.3, -0.25) is 9.59 Å². The van der Waals surface area contributed by atoms with Gasteiger partial charge in [0.2, 0.25) is 0 Å². The Morgan fingerprint density at radius 1 is 1.19 bits per heavy atom. The monoisotopic (exact) mass is 227 g/mol. The molecule has 2 rings (SSSR count). The molecule has 0 aromatic carbocycles. The molecule has 1 atom stereocenters. The fraction of sp³-hybridized carbons (Fsp3) is 0.818.